The molecule has 9 heteroatoms. The van der Waals surface area contributed by atoms with E-state index >= 15 is 0 Å². The molecule has 0 atom stereocenters. The number of phenolic OH excluding ortho intramolecular Hbond substituents is 2. The summed E-state index contributed by atoms with van der Waals surface area (Å²) in [5.41, 5.74) is 0.665. The molecule has 2 N–H and O–H groups in total. The first-order valence-electron chi connectivity index (χ1n) is 7.08. The molecule has 2 aromatic carbocycles. The van der Waals surface area contributed by atoms with Crippen molar-refractivity contribution < 1.29 is 23.4 Å². The highest BCUT2D eigenvalue weighted by molar-refractivity contribution is 7.22. The van der Waals surface area contributed by atoms with Gasteiger partial charge in [-0.15, -0.1) is 0 Å². The van der Waals surface area contributed by atoms with Gasteiger partial charge in [-0.25, -0.2) is 9.99 Å². The number of thiazole rings is 1. The lowest BCUT2D eigenvalue weighted by Gasteiger charge is -2.17. The molecule has 25 heavy (non-hydrogen) atoms. The van der Waals surface area contributed by atoms with Crippen LogP contribution in [0.25, 0.3) is 10.2 Å². The zero-order chi connectivity index (χ0) is 18.0. The molecule has 130 valence electrons. The molecular weight excluding hydrogens is 355 g/mol. The third-order valence-corrected chi connectivity index (χ3v) is 4.23. The van der Waals surface area contributed by atoms with E-state index in [4.69, 9.17) is 0 Å². The van der Waals surface area contributed by atoms with Crippen molar-refractivity contribution in [1.29, 1.82) is 0 Å². The minimum atomic E-state index is -4.49. The Morgan fingerprint density at radius 3 is 2.64 bits per heavy atom. The van der Waals surface area contributed by atoms with Gasteiger partial charge in [0.15, 0.2) is 0 Å². The Balaban J connectivity index is 1.97. The van der Waals surface area contributed by atoms with E-state index in [9.17, 15) is 23.4 Å². The molecule has 5 nitrogen and oxygen atoms in total. The molecule has 1 heterocycles. The van der Waals surface area contributed by atoms with Crippen LogP contribution in [0.1, 0.15) is 5.56 Å². The van der Waals surface area contributed by atoms with E-state index in [0.29, 0.717) is 10.5 Å². The maximum atomic E-state index is 12.9. The molecule has 0 unspecified atom stereocenters. The molecule has 0 fully saturated rings. The number of rotatable bonds is 4. The van der Waals surface area contributed by atoms with Gasteiger partial charge in [-0.3, -0.25) is 0 Å². The molecule has 3 rings (SSSR count). The van der Waals surface area contributed by atoms with Crippen molar-refractivity contribution >= 4 is 32.9 Å². The summed E-state index contributed by atoms with van der Waals surface area (Å²) in [6.07, 6.45) is -3.44. The zero-order valence-electron chi connectivity index (χ0n) is 12.6. The highest BCUT2D eigenvalue weighted by atomic mass is 32.1. The minimum absolute atomic E-state index is 0.0782. The maximum absolute atomic E-state index is 12.9. The maximum Gasteiger partial charge on any atom is 0.408 e. The second-order valence-corrected chi connectivity index (χ2v) is 6.13. The van der Waals surface area contributed by atoms with E-state index in [0.717, 1.165) is 22.3 Å². The van der Waals surface area contributed by atoms with E-state index in [1.165, 1.54) is 18.2 Å². The summed E-state index contributed by atoms with van der Waals surface area (Å²) in [5, 5.41) is 23.7. The van der Waals surface area contributed by atoms with Crippen molar-refractivity contribution in [3.8, 4) is 11.5 Å². The number of fused-ring (bicyclic) bond motifs is 1. The summed E-state index contributed by atoms with van der Waals surface area (Å²) in [6, 6.07) is 10.7. The van der Waals surface area contributed by atoms with Crippen molar-refractivity contribution in [3.63, 3.8) is 0 Å². The van der Waals surface area contributed by atoms with Gasteiger partial charge in [0, 0.05) is 5.56 Å². The highest BCUT2D eigenvalue weighted by Crippen LogP contribution is 2.31. The monoisotopic (exact) mass is 367 g/mol. The lowest BCUT2D eigenvalue weighted by molar-refractivity contribution is -0.119. The third kappa shape index (κ3) is 4.18. The van der Waals surface area contributed by atoms with Crippen molar-refractivity contribution in [3.05, 3.63) is 48.0 Å². The molecule has 0 radical (unpaired) electrons. The number of phenols is 2. The summed E-state index contributed by atoms with van der Waals surface area (Å²) in [4.78, 5) is 4.17. The van der Waals surface area contributed by atoms with Crippen molar-refractivity contribution in [2.45, 2.75) is 6.18 Å². The number of para-hydroxylation sites is 1. The van der Waals surface area contributed by atoms with Crippen LogP contribution in [-0.2, 0) is 0 Å². The SMILES string of the molecule is Oc1ccc(O)c(C=NN(CC(F)(F)F)c2nc3ccccc3s2)c1. The molecule has 0 spiro atoms. The predicted octanol–water partition coefficient (Wildman–Crippen LogP) is 4.11. The van der Waals surface area contributed by atoms with E-state index in [1.54, 1.807) is 24.3 Å². The van der Waals surface area contributed by atoms with Gasteiger partial charge in [-0.2, -0.15) is 18.3 Å². The van der Waals surface area contributed by atoms with Gasteiger partial charge in [-0.1, -0.05) is 23.5 Å². The Morgan fingerprint density at radius 1 is 1.16 bits per heavy atom. The van der Waals surface area contributed by atoms with Gasteiger partial charge in [0.1, 0.15) is 18.0 Å². The smallest absolute Gasteiger partial charge is 0.408 e. The Bertz CT molecular complexity index is 891. The van der Waals surface area contributed by atoms with Crippen molar-refractivity contribution in [1.82, 2.24) is 4.98 Å². The van der Waals surface area contributed by atoms with Crippen LogP contribution in [0.3, 0.4) is 0 Å². The molecule has 0 saturated carbocycles. The number of aromatic hydroxyl groups is 2. The second-order valence-electron chi connectivity index (χ2n) is 5.12. The normalized spacial score (nSPS) is 12.1. The number of aromatic nitrogens is 1. The third-order valence-electron chi connectivity index (χ3n) is 3.18. The van der Waals surface area contributed by atoms with E-state index in [-0.39, 0.29) is 22.2 Å². The van der Waals surface area contributed by atoms with Gasteiger partial charge in [-0.05, 0) is 30.3 Å². The fraction of sp³-hybridized carbons (Fsp3) is 0.125. The number of hydrogen-bond acceptors (Lipinski definition) is 6. The number of benzene rings is 2. The quantitative estimate of drug-likeness (QED) is 0.414. The lowest BCUT2D eigenvalue weighted by atomic mass is 10.2. The fourth-order valence-electron chi connectivity index (χ4n) is 2.08. The number of hydrogen-bond donors (Lipinski definition) is 2. The molecule has 1 aromatic heterocycles. The number of alkyl halides is 3. The summed E-state index contributed by atoms with van der Waals surface area (Å²) in [6.45, 7) is -1.33. The number of nitrogens with zero attached hydrogens (tertiary/aromatic N) is 3. The molecule has 0 aliphatic carbocycles. The molecule has 0 amide bonds. The van der Waals surface area contributed by atoms with Crippen LogP contribution in [0, 0.1) is 0 Å². The van der Waals surface area contributed by atoms with Gasteiger partial charge in [0.05, 0.1) is 16.4 Å². The zero-order valence-corrected chi connectivity index (χ0v) is 13.4. The number of anilines is 1. The number of halogens is 3. The fourth-order valence-corrected chi connectivity index (χ4v) is 3.00. The Kier molecular flexibility index (Phi) is 4.49. The Morgan fingerprint density at radius 2 is 1.92 bits per heavy atom. The van der Waals surface area contributed by atoms with Crippen LogP contribution >= 0.6 is 11.3 Å². The average molecular weight is 367 g/mol. The summed E-state index contributed by atoms with van der Waals surface area (Å²) in [7, 11) is 0. The van der Waals surface area contributed by atoms with Gasteiger partial charge >= 0.3 is 6.18 Å². The van der Waals surface area contributed by atoms with Gasteiger partial charge in [0.25, 0.3) is 0 Å². The Hall–Kier alpha value is -2.81. The van der Waals surface area contributed by atoms with E-state index in [1.807, 2.05) is 0 Å². The molecule has 0 aliphatic rings. The predicted molar refractivity (Wildman–Crippen MR) is 90.4 cm³/mol. The summed E-state index contributed by atoms with van der Waals surface area (Å²) >= 11 is 1.08. The standard InChI is InChI=1S/C16H12F3N3O2S/c17-16(18,19)9-22(15-21-12-3-1-2-4-14(12)25-15)20-8-10-7-11(23)5-6-13(10)24/h1-8,23-24H,9H2. The first-order chi connectivity index (χ1) is 11.8. The average Bonchev–Trinajstić information content (AvgIpc) is 2.97. The molecule has 0 bridgehead atoms. The summed E-state index contributed by atoms with van der Waals surface area (Å²) in [5.74, 6) is -0.348. The molecule has 0 aliphatic heterocycles. The van der Waals surface area contributed by atoms with Crippen LogP contribution in [0.15, 0.2) is 47.6 Å². The van der Waals surface area contributed by atoms with Gasteiger partial charge in [0.2, 0.25) is 5.13 Å². The Labute approximate surface area is 144 Å². The van der Waals surface area contributed by atoms with Crippen LogP contribution < -0.4 is 5.01 Å². The highest BCUT2D eigenvalue weighted by Gasteiger charge is 2.32. The van der Waals surface area contributed by atoms with Crippen LogP contribution in [-0.4, -0.2) is 34.1 Å². The van der Waals surface area contributed by atoms with Crippen LogP contribution in [0.2, 0.25) is 0 Å². The van der Waals surface area contributed by atoms with E-state index < -0.39 is 12.7 Å². The van der Waals surface area contributed by atoms with Crippen molar-refractivity contribution in [2.75, 3.05) is 11.6 Å². The molecular formula is C16H12F3N3O2S. The van der Waals surface area contributed by atoms with Crippen LogP contribution in [0.5, 0.6) is 11.5 Å². The van der Waals surface area contributed by atoms with Crippen LogP contribution in [0.4, 0.5) is 18.3 Å². The van der Waals surface area contributed by atoms with Crippen molar-refractivity contribution in [2.24, 2.45) is 5.10 Å². The largest absolute Gasteiger partial charge is 0.508 e. The van der Waals surface area contributed by atoms with Gasteiger partial charge < -0.3 is 10.2 Å². The first kappa shape index (κ1) is 17.0. The first-order valence-corrected chi connectivity index (χ1v) is 7.89. The number of hydrazone groups is 1. The lowest BCUT2D eigenvalue weighted by Crippen LogP contribution is -2.30. The second kappa shape index (κ2) is 6.60. The minimum Gasteiger partial charge on any atom is -0.508 e. The summed E-state index contributed by atoms with van der Waals surface area (Å²) < 4.78 is 39.4. The van der Waals surface area contributed by atoms with E-state index in [2.05, 4.69) is 10.1 Å². The molecule has 0 saturated heterocycles. The topological polar surface area (TPSA) is 69.0 Å². The molecule has 3 aromatic rings.